The highest BCUT2D eigenvalue weighted by atomic mass is 35.5. The highest BCUT2D eigenvalue weighted by Gasteiger charge is 2.25. The average Bonchev–Trinajstić information content (AvgIpc) is 2.89. The molecule has 6 nitrogen and oxygen atoms in total. The van der Waals surface area contributed by atoms with Crippen molar-refractivity contribution in [2.45, 2.75) is 26.4 Å². The van der Waals surface area contributed by atoms with E-state index in [-0.39, 0.29) is 12.4 Å². The third kappa shape index (κ3) is 2.90. The van der Waals surface area contributed by atoms with Crippen molar-refractivity contribution in [2.24, 2.45) is 5.73 Å². The normalized spacial score (nSPS) is 12.5. The molecule has 0 aliphatic heterocycles. The van der Waals surface area contributed by atoms with Crippen LogP contribution < -0.4 is 5.73 Å². The quantitative estimate of drug-likeness (QED) is 0.618. The first-order valence-corrected chi connectivity index (χ1v) is 8.63. The van der Waals surface area contributed by atoms with Crippen LogP contribution in [0.2, 0.25) is 10.0 Å². The first kappa shape index (κ1) is 18.5. The van der Waals surface area contributed by atoms with Crippen LogP contribution >= 0.6 is 23.2 Å². The van der Waals surface area contributed by atoms with Crippen molar-refractivity contribution in [1.29, 1.82) is 0 Å². The highest BCUT2D eigenvalue weighted by molar-refractivity contribution is 6.36. The number of pyridine rings is 1. The van der Waals surface area contributed by atoms with Gasteiger partial charge < -0.3 is 20.5 Å². The largest absolute Gasteiger partial charge is 0.494 e. The number of aryl methyl sites for hydroxylation is 1. The molecule has 0 spiro atoms. The molecule has 0 amide bonds. The topological polar surface area (TPSA) is 101 Å². The number of fused-ring (bicyclic) bond motifs is 1. The van der Waals surface area contributed by atoms with Crippen molar-refractivity contribution >= 4 is 40.1 Å². The van der Waals surface area contributed by atoms with E-state index >= 15 is 0 Å². The van der Waals surface area contributed by atoms with Crippen LogP contribution in [-0.4, -0.2) is 25.7 Å². The molecule has 0 radical (unpaired) electrons. The Hall–Kier alpha value is -2.28. The van der Waals surface area contributed by atoms with Gasteiger partial charge in [0.05, 0.1) is 10.9 Å². The standard InChI is InChI=1S/C18H17Cl2N3O3/c1-8-12(6-21)15(11-4-3-10(19)5-13(11)20)16-14(22-8)7-23(17(16)24)9(2)18(25)26/h3-5,7,9,24H,6,21H2,1-2H3,(H,25,26)/t9-/m1/s1. The molecule has 0 bridgehead atoms. The molecule has 0 aliphatic carbocycles. The smallest absolute Gasteiger partial charge is 0.326 e. The maximum absolute atomic E-state index is 11.4. The minimum Gasteiger partial charge on any atom is -0.494 e. The summed E-state index contributed by atoms with van der Waals surface area (Å²) in [6, 6.07) is 4.09. The van der Waals surface area contributed by atoms with E-state index in [1.165, 1.54) is 17.7 Å². The van der Waals surface area contributed by atoms with Crippen molar-refractivity contribution in [1.82, 2.24) is 9.55 Å². The van der Waals surface area contributed by atoms with Crippen molar-refractivity contribution < 1.29 is 15.0 Å². The van der Waals surface area contributed by atoms with Crippen LogP contribution in [0.5, 0.6) is 5.88 Å². The molecular weight excluding hydrogens is 377 g/mol. The molecule has 1 aromatic carbocycles. The number of aromatic hydroxyl groups is 1. The average molecular weight is 394 g/mol. The van der Waals surface area contributed by atoms with Gasteiger partial charge in [0.15, 0.2) is 0 Å². The third-order valence-corrected chi connectivity index (χ3v) is 4.99. The van der Waals surface area contributed by atoms with Crippen LogP contribution in [0.1, 0.15) is 24.2 Å². The summed E-state index contributed by atoms with van der Waals surface area (Å²) in [4.78, 5) is 15.8. The van der Waals surface area contributed by atoms with Crippen LogP contribution in [-0.2, 0) is 11.3 Å². The number of hydrogen-bond acceptors (Lipinski definition) is 4. The number of nitrogens with two attached hydrogens (primary N) is 1. The number of carbonyl (C=O) groups is 1. The Morgan fingerprint density at radius 3 is 2.65 bits per heavy atom. The van der Waals surface area contributed by atoms with Crippen LogP contribution in [0.3, 0.4) is 0 Å². The number of benzene rings is 1. The number of carboxylic acids is 1. The summed E-state index contributed by atoms with van der Waals surface area (Å²) < 4.78 is 1.27. The molecule has 4 N–H and O–H groups in total. The molecule has 0 saturated heterocycles. The van der Waals surface area contributed by atoms with E-state index in [1.807, 2.05) is 6.92 Å². The summed E-state index contributed by atoms with van der Waals surface area (Å²) in [6.07, 6.45) is 1.52. The Bertz CT molecular complexity index is 1030. The fraction of sp³-hybridized carbons (Fsp3) is 0.222. The summed E-state index contributed by atoms with van der Waals surface area (Å²) >= 11 is 12.4. The first-order chi connectivity index (χ1) is 12.3. The summed E-state index contributed by atoms with van der Waals surface area (Å²) in [5.74, 6) is -1.26. The van der Waals surface area contributed by atoms with Gasteiger partial charge >= 0.3 is 5.97 Å². The lowest BCUT2D eigenvalue weighted by Gasteiger charge is -2.15. The van der Waals surface area contributed by atoms with E-state index in [1.54, 1.807) is 18.2 Å². The fourth-order valence-electron chi connectivity index (χ4n) is 3.06. The van der Waals surface area contributed by atoms with Gasteiger partial charge in [-0.3, -0.25) is 4.98 Å². The fourth-order valence-corrected chi connectivity index (χ4v) is 3.56. The van der Waals surface area contributed by atoms with Crippen LogP contribution in [0.15, 0.2) is 24.4 Å². The van der Waals surface area contributed by atoms with Gasteiger partial charge in [0.2, 0.25) is 5.88 Å². The van der Waals surface area contributed by atoms with Gasteiger partial charge in [-0.15, -0.1) is 0 Å². The van der Waals surface area contributed by atoms with Crippen LogP contribution in [0.25, 0.3) is 22.0 Å². The summed E-state index contributed by atoms with van der Waals surface area (Å²) in [7, 11) is 0. The number of rotatable bonds is 4. The van der Waals surface area contributed by atoms with Gasteiger partial charge in [-0.05, 0) is 31.5 Å². The summed E-state index contributed by atoms with van der Waals surface area (Å²) in [5, 5.41) is 21.3. The van der Waals surface area contributed by atoms with E-state index in [9.17, 15) is 15.0 Å². The Balaban J connectivity index is 2.44. The number of hydrogen-bond donors (Lipinski definition) is 3. The number of aliphatic carboxylic acids is 1. The Kier molecular flexibility index (Phi) is 4.84. The summed E-state index contributed by atoms with van der Waals surface area (Å²) in [6.45, 7) is 3.47. The zero-order valence-electron chi connectivity index (χ0n) is 14.1. The minimum atomic E-state index is -1.07. The second-order valence-electron chi connectivity index (χ2n) is 6.01. The van der Waals surface area contributed by atoms with Gasteiger partial charge in [0.1, 0.15) is 6.04 Å². The second kappa shape index (κ2) is 6.79. The molecule has 8 heteroatoms. The van der Waals surface area contributed by atoms with Gasteiger partial charge in [0.25, 0.3) is 0 Å². The second-order valence-corrected chi connectivity index (χ2v) is 6.86. The molecule has 0 aliphatic rings. The number of aromatic nitrogens is 2. The molecule has 136 valence electrons. The van der Waals surface area contributed by atoms with E-state index in [4.69, 9.17) is 28.9 Å². The first-order valence-electron chi connectivity index (χ1n) is 7.87. The number of halogens is 2. The highest BCUT2D eigenvalue weighted by Crippen LogP contribution is 2.42. The maximum atomic E-state index is 11.4. The predicted octanol–water partition coefficient (Wildman–Crippen LogP) is 4.13. The lowest BCUT2D eigenvalue weighted by Crippen LogP contribution is -2.14. The lowest BCUT2D eigenvalue weighted by molar-refractivity contribution is -0.140. The predicted molar refractivity (Wildman–Crippen MR) is 102 cm³/mol. The van der Waals surface area contributed by atoms with E-state index in [2.05, 4.69) is 4.98 Å². The summed E-state index contributed by atoms with van der Waals surface area (Å²) in [5.41, 5.74) is 9.07. The molecule has 2 aromatic heterocycles. The van der Waals surface area contributed by atoms with Gasteiger partial charge in [-0.1, -0.05) is 29.3 Å². The molecule has 1 atom stereocenters. The zero-order chi connectivity index (χ0) is 19.2. The maximum Gasteiger partial charge on any atom is 0.326 e. The molecule has 0 fully saturated rings. The van der Waals surface area contributed by atoms with Crippen LogP contribution in [0, 0.1) is 6.92 Å². The van der Waals surface area contributed by atoms with Gasteiger partial charge in [-0.25, -0.2) is 4.79 Å². The zero-order valence-corrected chi connectivity index (χ0v) is 15.6. The van der Waals surface area contributed by atoms with Crippen LogP contribution in [0.4, 0.5) is 0 Å². The van der Waals surface area contributed by atoms with Gasteiger partial charge in [0, 0.05) is 39.6 Å². The Morgan fingerprint density at radius 2 is 2.08 bits per heavy atom. The molecular formula is C18H17Cl2N3O3. The van der Waals surface area contributed by atoms with E-state index in [0.717, 1.165) is 5.56 Å². The van der Waals surface area contributed by atoms with E-state index < -0.39 is 12.0 Å². The van der Waals surface area contributed by atoms with Crippen molar-refractivity contribution in [3.8, 4) is 17.0 Å². The lowest BCUT2D eigenvalue weighted by atomic mass is 9.95. The molecule has 0 saturated carbocycles. The minimum absolute atomic E-state index is 0.183. The van der Waals surface area contributed by atoms with E-state index in [0.29, 0.717) is 37.8 Å². The molecule has 3 rings (SSSR count). The van der Waals surface area contributed by atoms with Crippen molar-refractivity contribution in [2.75, 3.05) is 0 Å². The molecule has 26 heavy (non-hydrogen) atoms. The SMILES string of the molecule is Cc1nc2cn([C@H](C)C(=O)O)c(O)c2c(-c2ccc(Cl)cc2Cl)c1CN. The molecule has 2 heterocycles. The molecule has 0 unspecified atom stereocenters. The van der Waals surface area contributed by atoms with Gasteiger partial charge in [-0.2, -0.15) is 0 Å². The number of carboxylic acid groups (broad SMARTS) is 1. The Morgan fingerprint density at radius 1 is 1.38 bits per heavy atom. The van der Waals surface area contributed by atoms with Crippen molar-refractivity contribution in [3.63, 3.8) is 0 Å². The van der Waals surface area contributed by atoms with Crippen molar-refractivity contribution in [3.05, 3.63) is 45.7 Å². The third-order valence-electron chi connectivity index (χ3n) is 4.44. The number of nitrogens with zero attached hydrogens (tertiary/aromatic N) is 2. The Labute approximate surface area is 159 Å². The monoisotopic (exact) mass is 393 g/mol. The molecule has 3 aromatic rings.